The average molecular weight is 270 g/mol. The second-order valence-electron chi connectivity index (χ2n) is 3.61. The quantitative estimate of drug-likeness (QED) is 0.660. The summed E-state index contributed by atoms with van der Waals surface area (Å²) in [6.07, 6.45) is 1.22. The van der Waals surface area contributed by atoms with Crippen molar-refractivity contribution in [2.24, 2.45) is 7.05 Å². The summed E-state index contributed by atoms with van der Waals surface area (Å²) in [5.74, 6) is -0.293. The van der Waals surface area contributed by atoms with Gasteiger partial charge in [0, 0.05) is 19.2 Å². The Hall–Kier alpha value is -2.28. The summed E-state index contributed by atoms with van der Waals surface area (Å²) in [4.78, 5) is 21.7. The van der Waals surface area contributed by atoms with Gasteiger partial charge in [0.25, 0.3) is 5.69 Å². The molecule has 0 atom stereocenters. The Labute approximate surface area is 106 Å². The zero-order chi connectivity index (χ0) is 13.4. The largest absolute Gasteiger partial charge is 0.493 e. The molecule has 0 fully saturated rings. The monoisotopic (exact) mass is 269 g/mol. The van der Waals surface area contributed by atoms with Crippen LogP contribution in [0.4, 0.5) is 5.69 Å². The van der Waals surface area contributed by atoms with Crippen LogP contribution in [0.15, 0.2) is 29.2 Å². The van der Waals surface area contributed by atoms with Crippen molar-refractivity contribution in [1.29, 1.82) is 0 Å². The highest BCUT2D eigenvalue weighted by Gasteiger charge is 2.15. The number of aryl methyl sites for hydroxylation is 1. The Morgan fingerprint density at radius 1 is 1.44 bits per heavy atom. The van der Waals surface area contributed by atoms with Gasteiger partial charge in [-0.05, 0) is 6.07 Å². The van der Waals surface area contributed by atoms with Crippen LogP contribution in [0, 0.1) is 10.1 Å². The van der Waals surface area contributed by atoms with E-state index in [0.29, 0.717) is 0 Å². The van der Waals surface area contributed by atoms with Gasteiger partial charge in [-0.2, -0.15) is 0 Å². The molecule has 94 valence electrons. The number of aromatic nitrogens is 2. The Bertz CT molecular complexity index is 689. The third-order valence-electron chi connectivity index (χ3n) is 2.41. The van der Waals surface area contributed by atoms with E-state index in [4.69, 9.17) is 11.6 Å². The zero-order valence-corrected chi connectivity index (χ0v) is 9.96. The summed E-state index contributed by atoms with van der Waals surface area (Å²) in [5, 5.41) is 20.2. The van der Waals surface area contributed by atoms with E-state index in [1.165, 1.54) is 29.9 Å². The molecule has 0 saturated heterocycles. The van der Waals surface area contributed by atoms with E-state index in [0.717, 1.165) is 10.6 Å². The highest BCUT2D eigenvalue weighted by Crippen LogP contribution is 2.27. The van der Waals surface area contributed by atoms with Gasteiger partial charge in [0.05, 0.1) is 21.8 Å². The number of benzene rings is 1. The number of nitrogens with zero attached hydrogens (tertiary/aromatic N) is 3. The number of hydrogen-bond acceptors (Lipinski definition) is 4. The molecule has 1 aromatic heterocycles. The van der Waals surface area contributed by atoms with E-state index in [1.807, 2.05) is 0 Å². The number of imidazole rings is 1. The van der Waals surface area contributed by atoms with Crippen molar-refractivity contribution in [2.45, 2.75) is 0 Å². The molecule has 0 saturated carbocycles. The summed E-state index contributed by atoms with van der Waals surface area (Å²) in [5.41, 5.74) is -0.499. The number of rotatable bonds is 2. The maximum Gasteiger partial charge on any atom is 0.335 e. The van der Waals surface area contributed by atoms with Crippen LogP contribution in [0.5, 0.6) is 5.88 Å². The highest BCUT2D eigenvalue weighted by atomic mass is 35.5. The van der Waals surface area contributed by atoms with Crippen LogP contribution in [0.2, 0.25) is 5.02 Å². The molecule has 0 aliphatic heterocycles. The Kier molecular flexibility index (Phi) is 2.84. The summed E-state index contributed by atoms with van der Waals surface area (Å²) in [6.45, 7) is 0. The predicted octanol–water partition coefficient (Wildman–Crippen LogP) is 1.44. The molecule has 2 aromatic rings. The molecule has 1 heterocycles. The lowest BCUT2D eigenvalue weighted by Gasteiger charge is -2.05. The Morgan fingerprint density at radius 3 is 2.56 bits per heavy atom. The van der Waals surface area contributed by atoms with Crippen molar-refractivity contribution in [2.75, 3.05) is 0 Å². The topological polar surface area (TPSA) is 90.3 Å². The van der Waals surface area contributed by atoms with Crippen molar-refractivity contribution in [3.8, 4) is 11.6 Å². The van der Waals surface area contributed by atoms with Crippen molar-refractivity contribution in [3.63, 3.8) is 0 Å². The first-order valence-electron chi connectivity index (χ1n) is 4.83. The third-order valence-corrected chi connectivity index (χ3v) is 2.72. The molecule has 0 radical (unpaired) electrons. The van der Waals surface area contributed by atoms with E-state index in [9.17, 15) is 20.0 Å². The fraction of sp³-hybridized carbons (Fsp3) is 0.100. The molecule has 0 bridgehead atoms. The van der Waals surface area contributed by atoms with Crippen LogP contribution < -0.4 is 5.69 Å². The summed E-state index contributed by atoms with van der Waals surface area (Å²) >= 11 is 5.88. The minimum absolute atomic E-state index is 0.00722. The van der Waals surface area contributed by atoms with Crippen molar-refractivity contribution in [3.05, 3.63) is 50.0 Å². The van der Waals surface area contributed by atoms with Crippen LogP contribution in [0.3, 0.4) is 0 Å². The third kappa shape index (κ3) is 1.84. The number of nitro groups is 1. The molecule has 8 heteroatoms. The second-order valence-corrected chi connectivity index (χ2v) is 4.02. The SMILES string of the molecule is Cn1cc(O)n(-c2ccc([N+](=O)[O-])cc2Cl)c1=O. The van der Waals surface area contributed by atoms with Crippen LogP contribution >= 0.6 is 11.6 Å². The molecule has 1 aromatic carbocycles. The molecule has 0 aliphatic rings. The highest BCUT2D eigenvalue weighted by molar-refractivity contribution is 6.32. The minimum Gasteiger partial charge on any atom is -0.493 e. The average Bonchev–Trinajstić information content (AvgIpc) is 2.54. The van der Waals surface area contributed by atoms with Crippen LogP contribution in [-0.4, -0.2) is 19.2 Å². The van der Waals surface area contributed by atoms with Gasteiger partial charge in [0.15, 0.2) is 0 Å². The minimum atomic E-state index is -0.594. The summed E-state index contributed by atoms with van der Waals surface area (Å²) in [7, 11) is 1.47. The molecule has 1 N–H and O–H groups in total. The first kappa shape index (κ1) is 12.2. The van der Waals surface area contributed by atoms with E-state index in [2.05, 4.69) is 0 Å². The van der Waals surface area contributed by atoms with Gasteiger partial charge < -0.3 is 5.11 Å². The molecule has 2 rings (SSSR count). The Balaban J connectivity index is 2.65. The molecule has 0 amide bonds. The van der Waals surface area contributed by atoms with E-state index in [-0.39, 0.29) is 22.3 Å². The molecule has 18 heavy (non-hydrogen) atoms. The lowest BCUT2D eigenvalue weighted by molar-refractivity contribution is -0.384. The predicted molar refractivity (Wildman–Crippen MR) is 64.3 cm³/mol. The van der Waals surface area contributed by atoms with E-state index >= 15 is 0 Å². The fourth-order valence-electron chi connectivity index (χ4n) is 1.56. The van der Waals surface area contributed by atoms with Gasteiger partial charge in [-0.1, -0.05) is 11.6 Å². The van der Waals surface area contributed by atoms with Crippen molar-refractivity contribution < 1.29 is 10.0 Å². The molecular formula is C10H8ClN3O4. The smallest absolute Gasteiger partial charge is 0.335 e. The second kappa shape index (κ2) is 4.19. The maximum atomic E-state index is 11.7. The zero-order valence-electron chi connectivity index (χ0n) is 9.20. The van der Waals surface area contributed by atoms with E-state index in [1.54, 1.807) is 0 Å². The van der Waals surface area contributed by atoms with Gasteiger partial charge >= 0.3 is 5.69 Å². The van der Waals surface area contributed by atoms with Crippen molar-refractivity contribution in [1.82, 2.24) is 9.13 Å². The van der Waals surface area contributed by atoms with E-state index < -0.39 is 10.6 Å². The number of halogens is 1. The molecule has 0 spiro atoms. The van der Waals surface area contributed by atoms with Gasteiger partial charge in [-0.15, -0.1) is 0 Å². The Morgan fingerprint density at radius 2 is 2.11 bits per heavy atom. The number of nitro benzene ring substituents is 1. The first-order chi connectivity index (χ1) is 8.41. The summed E-state index contributed by atoms with van der Waals surface area (Å²) < 4.78 is 2.14. The fourth-order valence-corrected chi connectivity index (χ4v) is 1.82. The number of aromatic hydroxyl groups is 1. The summed E-state index contributed by atoms with van der Waals surface area (Å²) in [6, 6.07) is 3.64. The van der Waals surface area contributed by atoms with Crippen LogP contribution in [0.25, 0.3) is 5.69 Å². The normalized spacial score (nSPS) is 10.6. The van der Waals surface area contributed by atoms with Crippen LogP contribution in [-0.2, 0) is 7.05 Å². The standard InChI is InChI=1S/C10H8ClN3O4/c1-12-5-9(15)13(10(12)16)8-3-2-6(14(17)18)4-7(8)11/h2-5,15H,1H3. The van der Waals surface area contributed by atoms with Crippen LogP contribution in [0.1, 0.15) is 0 Å². The van der Waals surface area contributed by atoms with Gasteiger partial charge in [0.2, 0.25) is 5.88 Å². The lowest BCUT2D eigenvalue weighted by atomic mass is 10.3. The maximum absolute atomic E-state index is 11.7. The first-order valence-corrected chi connectivity index (χ1v) is 5.21. The number of non-ortho nitro benzene ring substituents is 1. The van der Waals surface area contributed by atoms with Gasteiger partial charge in [0.1, 0.15) is 0 Å². The van der Waals surface area contributed by atoms with Gasteiger partial charge in [-0.25, -0.2) is 9.36 Å². The van der Waals surface area contributed by atoms with Gasteiger partial charge in [-0.3, -0.25) is 14.7 Å². The molecule has 0 unspecified atom stereocenters. The molecule has 0 aliphatic carbocycles. The number of hydrogen-bond donors (Lipinski definition) is 1. The lowest BCUT2D eigenvalue weighted by Crippen LogP contribution is -2.20. The molecule has 7 nitrogen and oxygen atoms in total. The molecular weight excluding hydrogens is 262 g/mol. The van der Waals surface area contributed by atoms with Crippen molar-refractivity contribution >= 4 is 17.3 Å².